The zero-order chi connectivity index (χ0) is 19.0. The minimum absolute atomic E-state index is 0.680. The van der Waals surface area contributed by atoms with Gasteiger partial charge in [0.2, 0.25) is 5.41 Å². The van der Waals surface area contributed by atoms with Crippen molar-refractivity contribution in [3.63, 3.8) is 0 Å². The molecule has 0 amide bonds. The van der Waals surface area contributed by atoms with Crippen LogP contribution in [0.15, 0.2) is 36.8 Å². The van der Waals surface area contributed by atoms with Crippen molar-refractivity contribution in [1.29, 1.82) is 26.3 Å². The van der Waals surface area contributed by atoms with Gasteiger partial charge >= 0.3 is 0 Å². The van der Waals surface area contributed by atoms with Crippen LogP contribution in [0.4, 0.5) is 0 Å². The highest BCUT2D eigenvalue weighted by Gasteiger charge is 2.64. The van der Waals surface area contributed by atoms with Gasteiger partial charge in [-0.3, -0.25) is 9.88 Å². The lowest BCUT2D eigenvalue weighted by Gasteiger charge is -2.40. The van der Waals surface area contributed by atoms with Crippen LogP contribution in [0.2, 0.25) is 0 Å². The van der Waals surface area contributed by atoms with Gasteiger partial charge in [0.1, 0.15) is 12.1 Å². The van der Waals surface area contributed by atoms with Gasteiger partial charge in [-0.15, -0.1) is 0 Å². The highest BCUT2D eigenvalue weighted by Crippen LogP contribution is 2.45. The first kappa shape index (κ1) is 17.6. The van der Waals surface area contributed by atoms with E-state index in [0.29, 0.717) is 10.5 Å². The van der Waals surface area contributed by atoms with Crippen molar-refractivity contribution in [2.24, 2.45) is 11.3 Å². The Morgan fingerprint density at radius 1 is 0.923 bits per heavy atom. The van der Waals surface area contributed by atoms with Crippen LogP contribution in [-0.4, -0.2) is 15.4 Å². The molecule has 0 N–H and O–H groups in total. The van der Waals surface area contributed by atoms with Crippen LogP contribution < -0.4 is 0 Å². The summed E-state index contributed by atoms with van der Waals surface area (Å²) in [6.07, 6.45) is 7.30. The number of aromatic nitrogens is 1. The van der Waals surface area contributed by atoms with Crippen LogP contribution >= 0.6 is 0 Å². The van der Waals surface area contributed by atoms with Gasteiger partial charge in [-0.1, -0.05) is 11.8 Å². The summed E-state index contributed by atoms with van der Waals surface area (Å²) in [6, 6.07) is 10.1. The average Bonchev–Trinajstić information content (AvgIpc) is 2.71. The SMILES string of the molecule is N#CN1C=CC(C#CC#Cc2ccncc2)C(C#N)(C#N)C1(C#N)C#N. The zero-order valence-corrected chi connectivity index (χ0v) is 13.2. The van der Waals surface area contributed by atoms with E-state index in [1.165, 1.54) is 12.3 Å². The first-order valence-corrected chi connectivity index (χ1v) is 7.08. The largest absolute Gasteiger partial charge is 0.265 e. The normalized spacial score (nSPS) is 18.0. The smallest absolute Gasteiger partial charge is 0.260 e. The van der Waals surface area contributed by atoms with Gasteiger partial charge in [0.15, 0.2) is 6.19 Å². The van der Waals surface area contributed by atoms with Gasteiger partial charge in [0, 0.05) is 24.2 Å². The van der Waals surface area contributed by atoms with Crippen LogP contribution in [0.25, 0.3) is 0 Å². The number of allylic oxidation sites excluding steroid dienone is 1. The van der Waals surface area contributed by atoms with E-state index in [9.17, 15) is 26.3 Å². The second-order valence-corrected chi connectivity index (χ2v) is 5.01. The Kier molecular flexibility index (Phi) is 4.89. The lowest BCUT2D eigenvalue weighted by molar-refractivity contribution is 0.189. The molecule has 0 aliphatic carbocycles. The maximum absolute atomic E-state index is 9.60. The minimum atomic E-state index is -2.31. The van der Waals surface area contributed by atoms with E-state index < -0.39 is 16.9 Å². The molecular formula is C19H7N7. The van der Waals surface area contributed by atoms with Crippen LogP contribution in [0, 0.1) is 91.8 Å². The molecule has 0 saturated carbocycles. The molecule has 2 heterocycles. The Labute approximate surface area is 150 Å². The number of hydrogen-bond acceptors (Lipinski definition) is 7. The maximum Gasteiger partial charge on any atom is 0.260 e. The van der Waals surface area contributed by atoms with E-state index in [1.54, 1.807) is 55.0 Å². The summed E-state index contributed by atoms with van der Waals surface area (Å²) >= 11 is 0. The van der Waals surface area contributed by atoms with Crippen molar-refractivity contribution in [2.45, 2.75) is 5.54 Å². The number of nitrogens with zero attached hydrogens (tertiary/aromatic N) is 7. The first-order chi connectivity index (χ1) is 12.6. The van der Waals surface area contributed by atoms with Crippen molar-refractivity contribution < 1.29 is 0 Å². The molecule has 0 radical (unpaired) electrons. The maximum atomic E-state index is 9.60. The second-order valence-electron chi connectivity index (χ2n) is 5.01. The monoisotopic (exact) mass is 333 g/mol. The lowest BCUT2D eigenvalue weighted by Crippen LogP contribution is -2.59. The Morgan fingerprint density at radius 2 is 1.58 bits per heavy atom. The van der Waals surface area contributed by atoms with Crippen LogP contribution in [0.1, 0.15) is 5.56 Å². The lowest BCUT2D eigenvalue weighted by atomic mass is 9.62. The molecule has 1 aliphatic heterocycles. The molecule has 1 atom stereocenters. The van der Waals surface area contributed by atoms with Crippen molar-refractivity contribution in [3.05, 3.63) is 42.4 Å². The highest BCUT2D eigenvalue weighted by molar-refractivity contribution is 5.50. The fraction of sp³-hybridized carbons (Fsp3) is 0.158. The molecule has 2 rings (SSSR count). The van der Waals surface area contributed by atoms with E-state index in [4.69, 9.17) is 0 Å². The second kappa shape index (κ2) is 7.22. The molecule has 0 spiro atoms. The Morgan fingerprint density at radius 3 is 2.12 bits per heavy atom. The highest BCUT2D eigenvalue weighted by atomic mass is 15.2. The molecule has 0 fully saturated rings. The van der Waals surface area contributed by atoms with Crippen LogP contribution in [0.5, 0.6) is 0 Å². The summed E-state index contributed by atoms with van der Waals surface area (Å²) in [5.74, 6) is 9.47. The average molecular weight is 333 g/mol. The predicted octanol–water partition coefficient (Wildman–Crippen LogP) is 1.18. The molecule has 7 nitrogen and oxygen atoms in total. The van der Waals surface area contributed by atoms with Gasteiger partial charge in [0.25, 0.3) is 5.54 Å². The molecule has 1 aromatic heterocycles. The molecule has 1 aliphatic rings. The third-order valence-electron chi connectivity index (χ3n) is 3.79. The zero-order valence-electron chi connectivity index (χ0n) is 13.2. The molecule has 26 heavy (non-hydrogen) atoms. The summed E-state index contributed by atoms with van der Waals surface area (Å²) in [6.45, 7) is 0. The summed E-state index contributed by atoms with van der Waals surface area (Å²) in [7, 11) is 0. The van der Waals surface area contributed by atoms with Crippen molar-refractivity contribution in [1.82, 2.24) is 9.88 Å². The first-order valence-electron chi connectivity index (χ1n) is 7.08. The fourth-order valence-electron chi connectivity index (χ4n) is 2.40. The van der Waals surface area contributed by atoms with Crippen molar-refractivity contribution in [2.75, 3.05) is 0 Å². The number of pyridine rings is 1. The molecule has 1 unspecified atom stereocenters. The summed E-state index contributed by atoms with van der Waals surface area (Å²) in [4.78, 5) is 4.56. The molecule has 7 heteroatoms. The molecule has 0 bridgehead atoms. The van der Waals surface area contributed by atoms with Crippen LogP contribution in [-0.2, 0) is 0 Å². The fourth-order valence-corrected chi connectivity index (χ4v) is 2.40. The minimum Gasteiger partial charge on any atom is -0.265 e. The van der Waals surface area contributed by atoms with Crippen molar-refractivity contribution >= 4 is 0 Å². The van der Waals surface area contributed by atoms with E-state index >= 15 is 0 Å². The van der Waals surface area contributed by atoms with Gasteiger partial charge in [-0.25, -0.2) is 0 Å². The topological polar surface area (TPSA) is 135 Å². The Balaban J connectivity index is 2.53. The molecular weight excluding hydrogens is 326 g/mol. The van der Waals surface area contributed by atoms with Gasteiger partial charge in [-0.05, 0) is 30.0 Å². The van der Waals surface area contributed by atoms with E-state index in [2.05, 4.69) is 28.7 Å². The molecule has 118 valence electrons. The summed E-state index contributed by atoms with van der Waals surface area (Å²) in [5.41, 5.74) is -3.80. The van der Waals surface area contributed by atoms with Gasteiger partial charge in [-0.2, -0.15) is 26.3 Å². The third kappa shape index (κ3) is 2.54. The number of hydrogen-bond donors (Lipinski definition) is 0. The van der Waals surface area contributed by atoms with Crippen LogP contribution in [0.3, 0.4) is 0 Å². The third-order valence-corrected chi connectivity index (χ3v) is 3.79. The van der Waals surface area contributed by atoms with E-state index in [-0.39, 0.29) is 0 Å². The number of rotatable bonds is 0. The van der Waals surface area contributed by atoms with E-state index in [0.717, 1.165) is 0 Å². The van der Waals surface area contributed by atoms with Gasteiger partial charge in [0.05, 0.1) is 18.1 Å². The molecule has 1 aromatic rings. The van der Waals surface area contributed by atoms with Crippen molar-refractivity contribution in [3.8, 4) is 54.2 Å². The summed E-state index contributed by atoms with van der Waals surface area (Å²) < 4.78 is 0. The van der Waals surface area contributed by atoms with E-state index in [1.807, 2.05) is 0 Å². The predicted molar refractivity (Wildman–Crippen MR) is 86.6 cm³/mol. The standard InChI is InChI=1S/C19H7N7/c20-11-18(12-21)17(4-2-1-3-16-5-8-25-9-6-16)7-10-26(15-24)19(18,13-22)14-23/h5-10,17H. The Bertz CT molecular complexity index is 1050. The summed E-state index contributed by atoms with van der Waals surface area (Å²) in [5, 5.41) is 47.4. The molecule has 0 saturated heterocycles. The Hall–Kier alpha value is -4.74. The van der Waals surface area contributed by atoms with Gasteiger partial charge < -0.3 is 0 Å². The number of nitriles is 5. The quantitative estimate of drug-likeness (QED) is 0.513. The molecule has 0 aromatic carbocycles.